The van der Waals surface area contributed by atoms with Crippen LogP contribution in [0.5, 0.6) is 0 Å². The number of benzene rings is 2. The van der Waals surface area contributed by atoms with E-state index in [2.05, 4.69) is 6.92 Å². The molecular formula is C25H23F16P. The fraction of sp³-hybridized carbons (Fsp3) is 0.520. The number of hydrogen-bond donors (Lipinski definition) is 0. The molecule has 1 atom stereocenters. The normalized spacial score (nSPS) is 12.7. The Morgan fingerprint density at radius 2 is 0.905 bits per heavy atom. The molecule has 0 aliphatic carbocycles. The first-order valence-corrected chi connectivity index (χ1v) is 13.3. The Labute approximate surface area is 231 Å². The highest BCUT2D eigenvalue weighted by Gasteiger charge is 2.56. The van der Waals surface area contributed by atoms with E-state index < -0.39 is 95.4 Å². The molecule has 0 heterocycles. The first-order valence-electron chi connectivity index (χ1n) is 12.1. The molecule has 2 rings (SSSR count). The second-order valence-corrected chi connectivity index (χ2v) is 10.4. The fourth-order valence-electron chi connectivity index (χ4n) is 3.61. The van der Waals surface area contributed by atoms with E-state index in [0.717, 1.165) is 38.5 Å². The minimum atomic E-state index is -5.83. The maximum Gasteiger partial charge on any atom is 0.457 e. The zero-order chi connectivity index (χ0) is 32.8. The van der Waals surface area contributed by atoms with E-state index in [4.69, 9.17) is 0 Å². The summed E-state index contributed by atoms with van der Waals surface area (Å²) >= 11 is 0. The molecule has 0 aromatic heterocycles. The Morgan fingerprint density at radius 1 is 0.500 bits per heavy atom. The topological polar surface area (TPSA) is 0 Å². The molecule has 0 N–H and O–H groups in total. The van der Waals surface area contributed by atoms with Crippen molar-refractivity contribution in [3.8, 4) is 11.1 Å². The molecule has 0 nitrogen and oxygen atoms in total. The van der Waals surface area contributed by atoms with Crippen LogP contribution < -0.4 is 0 Å². The third kappa shape index (κ3) is 8.89. The van der Waals surface area contributed by atoms with Crippen molar-refractivity contribution in [3.05, 3.63) is 57.7 Å². The first kappa shape index (κ1) is 37.8. The smallest absolute Gasteiger partial charge is 0.203 e. The van der Waals surface area contributed by atoms with Gasteiger partial charge in [-0.2, -0.15) is 35.1 Å². The number of alkyl halides is 8. The van der Waals surface area contributed by atoms with Gasteiger partial charge in [0.05, 0.1) is 5.56 Å². The molecule has 0 aliphatic rings. The molecule has 2 aromatic carbocycles. The van der Waals surface area contributed by atoms with Crippen LogP contribution in [-0.2, 0) is 6.18 Å². The van der Waals surface area contributed by atoms with Gasteiger partial charge in [0.15, 0.2) is 40.7 Å². The van der Waals surface area contributed by atoms with Gasteiger partial charge in [-0.25, -0.2) is 35.1 Å². The highest BCUT2D eigenvalue weighted by Crippen LogP contribution is 2.48. The van der Waals surface area contributed by atoms with Crippen LogP contribution in [0.1, 0.15) is 63.0 Å². The molecule has 0 saturated carbocycles. The number of rotatable bonds is 10. The number of hydrogen-bond acceptors (Lipinski definition) is 0. The minimum absolute atomic E-state index is 0.0275. The van der Waals surface area contributed by atoms with Crippen LogP contribution in [0.2, 0.25) is 0 Å². The maximum absolute atomic E-state index is 13.8. The maximum atomic E-state index is 13.8. The van der Waals surface area contributed by atoms with Crippen LogP contribution in [0.3, 0.4) is 0 Å². The van der Waals surface area contributed by atoms with E-state index in [1.165, 1.54) is 0 Å². The largest absolute Gasteiger partial charge is 0.457 e. The molecule has 2 aromatic rings. The quantitative estimate of drug-likeness (QED) is 0.0784. The zero-order valence-corrected chi connectivity index (χ0v) is 22.7. The molecular weight excluding hydrogens is 635 g/mol. The van der Waals surface area contributed by atoms with Crippen LogP contribution in [0.25, 0.3) is 11.1 Å². The first-order chi connectivity index (χ1) is 19.1. The molecule has 0 saturated heterocycles. The molecule has 0 bridgehead atoms. The van der Waals surface area contributed by atoms with Crippen molar-refractivity contribution < 1.29 is 70.2 Å². The monoisotopic (exact) mass is 658 g/mol. The van der Waals surface area contributed by atoms with Crippen molar-refractivity contribution in [3.63, 3.8) is 0 Å². The third-order valence-electron chi connectivity index (χ3n) is 5.79. The van der Waals surface area contributed by atoms with Gasteiger partial charge in [0.25, 0.3) is 0 Å². The van der Waals surface area contributed by atoms with E-state index in [-0.39, 0.29) is 6.16 Å². The van der Waals surface area contributed by atoms with Crippen LogP contribution in [0, 0.1) is 53.5 Å². The lowest BCUT2D eigenvalue weighted by molar-refractivity contribution is -0.239. The standard InChI is InChI=1S/C14H3F11.C11H20F5P/c1-2-3(4-7(16)11(20)13(22)12(21)8(4)17)5(14(23,24)25)9(18)10(19)6(2)15;1-2-3-4-5-6-7-8-9-17-11(15,16)10(12,13)14/h1H3;17H,2-9H2,1H3. The van der Waals surface area contributed by atoms with Crippen molar-refractivity contribution in [2.45, 2.75) is 76.8 Å². The minimum Gasteiger partial charge on any atom is -0.203 e. The molecule has 0 radical (unpaired) electrons. The highest BCUT2D eigenvalue weighted by molar-refractivity contribution is 7.39. The van der Waals surface area contributed by atoms with Crippen molar-refractivity contribution in [2.24, 2.45) is 0 Å². The SMILES string of the molecule is CCCCCCCCCPC(F)(F)C(F)(F)F.Cc1c(F)c(F)c(F)c(C(F)(F)F)c1-c1c(F)c(F)c(F)c(F)c1F. The predicted octanol–water partition coefficient (Wildman–Crippen LogP) is 11.4. The molecule has 0 fully saturated rings. The highest BCUT2D eigenvalue weighted by atomic mass is 31.1. The van der Waals surface area contributed by atoms with Gasteiger partial charge in [-0.3, -0.25) is 0 Å². The van der Waals surface area contributed by atoms with Gasteiger partial charge in [-0.1, -0.05) is 45.4 Å². The lowest BCUT2D eigenvalue weighted by Gasteiger charge is -2.19. The van der Waals surface area contributed by atoms with Gasteiger partial charge in [0.2, 0.25) is 5.82 Å². The molecule has 17 heteroatoms. The lowest BCUT2D eigenvalue weighted by Crippen LogP contribution is -2.31. The van der Waals surface area contributed by atoms with Gasteiger partial charge in [0.1, 0.15) is 5.56 Å². The van der Waals surface area contributed by atoms with Crippen LogP contribution in [0.15, 0.2) is 0 Å². The Morgan fingerprint density at radius 3 is 1.33 bits per heavy atom. The van der Waals surface area contributed by atoms with Gasteiger partial charge in [0, 0.05) is 5.56 Å². The molecule has 0 amide bonds. The summed E-state index contributed by atoms with van der Waals surface area (Å²) in [5.74, 6) is -21.2. The summed E-state index contributed by atoms with van der Waals surface area (Å²) in [5.41, 5.74) is -12.9. The Kier molecular flexibility index (Phi) is 13.5. The summed E-state index contributed by atoms with van der Waals surface area (Å²) in [6.07, 6.45) is -4.62. The summed E-state index contributed by atoms with van der Waals surface area (Å²) in [7, 11) is -1.34. The molecule has 1 unspecified atom stereocenters. The van der Waals surface area contributed by atoms with Crippen LogP contribution in [0.4, 0.5) is 70.2 Å². The van der Waals surface area contributed by atoms with Crippen molar-refractivity contribution in [2.75, 3.05) is 6.16 Å². The van der Waals surface area contributed by atoms with Gasteiger partial charge in [-0.15, -0.1) is 0 Å². The summed E-state index contributed by atoms with van der Waals surface area (Å²) < 4.78 is 207. The van der Waals surface area contributed by atoms with Gasteiger partial charge >= 0.3 is 18.0 Å². The average Bonchev–Trinajstić information content (AvgIpc) is 2.88. The van der Waals surface area contributed by atoms with Crippen molar-refractivity contribution in [1.29, 1.82) is 0 Å². The Bertz CT molecular complexity index is 1190. The lowest BCUT2D eigenvalue weighted by atomic mass is 9.92. The zero-order valence-electron chi connectivity index (χ0n) is 21.7. The summed E-state index contributed by atoms with van der Waals surface area (Å²) in [5, 5.41) is 0. The van der Waals surface area contributed by atoms with E-state index in [1.54, 1.807) is 0 Å². The summed E-state index contributed by atoms with van der Waals surface area (Å²) in [6.45, 7) is 2.46. The second-order valence-electron chi connectivity index (χ2n) is 8.88. The molecule has 0 aliphatic heterocycles. The van der Waals surface area contributed by atoms with Crippen molar-refractivity contribution in [1.82, 2.24) is 0 Å². The van der Waals surface area contributed by atoms with Crippen molar-refractivity contribution >= 4 is 8.58 Å². The second kappa shape index (κ2) is 15.0. The van der Waals surface area contributed by atoms with E-state index >= 15 is 0 Å². The van der Waals surface area contributed by atoms with Gasteiger partial charge < -0.3 is 0 Å². The third-order valence-corrected chi connectivity index (χ3v) is 7.12. The summed E-state index contributed by atoms with van der Waals surface area (Å²) in [4.78, 5) is 0. The number of unbranched alkanes of at least 4 members (excludes halogenated alkanes) is 6. The molecule has 42 heavy (non-hydrogen) atoms. The summed E-state index contributed by atoms with van der Waals surface area (Å²) in [6, 6.07) is 0. The Balaban J connectivity index is 0.000000456. The predicted molar refractivity (Wildman–Crippen MR) is 123 cm³/mol. The van der Waals surface area contributed by atoms with Crippen LogP contribution in [-0.4, -0.2) is 18.0 Å². The fourth-order valence-corrected chi connectivity index (χ4v) is 4.55. The van der Waals surface area contributed by atoms with Gasteiger partial charge in [-0.05, 0) is 33.7 Å². The van der Waals surface area contributed by atoms with E-state index in [0.29, 0.717) is 13.3 Å². The molecule has 240 valence electrons. The average molecular weight is 658 g/mol. The van der Waals surface area contributed by atoms with E-state index in [9.17, 15) is 70.2 Å². The molecule has 0 spiro atoms. The number of halogens is 16. The van der Waals surface area contributed by atoms with Crippen LogP contribution >= 0.6 is 8.58 Å². The van der Waals surface area contributed by atoms with E-state index in [1.807, 2.05) is 0 Å². The Hall–Kier alpha value is -2.25.